The molecule has 3 nitrogen and oxygen atoms in total. The Bertz CT molecular complexity index is 124. The van der Waals surface area contributed by atoms with Crippen molar-refractivity contribution in [2.75, 3.05) is 26.2 Å². The van der Waals surface area contributed by atoms with Crippen LogP contribution in [0.3, 0.4) is 0 Å². The SMILES string of the molecule is CCC[N+](CCC)(CCC)CCC.O=PO. The van der Waals surface area contributed by atoms with Crippen molar-refractivity contribution in [3.8, 4) is 0 Å². The van der Waals surface area contributed by atoms with Gasteiger partial charge in [-0.1, -0.05) is 27.7 Å². The molecule has 98 valence electrons. The summed E-state index contributed by atoms with van der Waals surface area (Å²) < 4.78 is 9.83. The Hall–Kier alpha value is 0.0200. The summed E-state index contributed by atoms with van der Waals surface area (Å²) in [5.74, 6) is 0. The lowest BCUT2D eigenvalue weighted by atomic mass is 10.2. The van der Waals surface area contributed by atoms with E-state index in [0.29, 0.717) is 0 Å². The molecule has 0 saturated heterocycles. The van der Waals surface area contributed by atoms with Crippen LogP contribution in [-0.4, -0.2) is 35.6 Å². The van der Waals surface area contributed by atoms with Crippen LogP contribution in [0, 0.1) is 0 Å². The molecule has 0 atom stereocenters. The molecule has 0 unspecified atom stereocenters. The molecular formula is C12H29NO2P+. The van der Waals surface area contributed by atoms with Crippen LogP contribution >= 0.6 is 8.69 Å². The minimum Gasteiger partial charge on any atom is -0.324 e. The lowest BCUT2D eigenvalue weighted by Crippen LogP contribution is -2.50. The van der Waals surface area contributed by atoms with Crippen molar-refractivity contribution in [1.29, 1.82) is 0 Å². The third-order valence-electron chi connectivity index (χ3n) is 2.79. The van der Waals surface area contributed by atoms with Crippen LogP contribution in [0.25, 0.3) is 0 Å². The molecule has 0 rings (SSSR count). The molecule has 1 N–H and O–H groups in total. The molecule has 0 heterocycles. The highest BCUT2D eigenvalue weighted by Gasteiger charge is 2.22. The average molecular weight is 250 g/mol. The molecule has 0 spiro atoms. The molecule has 0 bridgehead atoms. The number of hydrogen-bond donors (Lipinski definition) is 1. The average Bonchev–Trinajstić information content (AvgIpc) is 2.20. The number of rotatable bonds is 8. The minimum atomic E-state index is -0.833. The van der Waals surface area contributed by atoms with Gasteiger partial charge in [0.2, 0.25) is 0 Å². The van der Waals surface area contributed by atoms with E-state index in [1.807, 2.05) is 0 Å². The highest BCUT2D eigenvalue weighted by molar-refractivity contribution is 7.16. The minimum absolute atomic E-state index is 0.833. The topological polar surface area (TPSA) is 37.3 Å². The van der Waals surface area contributed by atoms with Crippen molar-refractivity contribution >= 4 is 8.69 Å². The fourth-order valence-electron chi connectivity index (χ4n) is 2.57. The zero-order valence-corrected chi connectivity index (χ0v) is 12.3. The van der Waals surface area contributed by atoms with Gasteiger partial charge in [0.25, 0.3) is 0 Å². The smallest absolute Gasteiger partial charge is 0.324 e. The van der Waals surface area contributed by atoms with Gasteiger partial charge in [0, 0.05) is 0 Å². The monoisotopic (exact) mass is 250 g/mol. The van der Waals surface area contributed by atoms with Crippen LogP contribution in [0.1, 0.15) is 53.4 Å². The van der Waals surface area contributed by atoms with E-state index >= 15 is 0 Å². The Morgan fingerprint density at radius 1 is 0.812 bits per heavy atom. The first-order chi connectivity index (χ1) is 7.66. The van der Waals surface area contributed by atoms with E-state index in [4.69, 9.17) is 9.46 Å². The number of hydrogen-bond acceptors (Lipinski definition) is 1. The first-order valence-corrected chi connectivity index (χ1v) is 7.24. The Balaban J connectivity index is 0. The van der Waals surface area contributed by atoms with E-state index < -0.39 is 8.69 Å². The van der Waals surface area contributed by atoms with Crippen molar-refractivity contribution in [3.05, 3.63) is 0 Å². The third-order valence-corrected chi connectivity index (χ3v) is 2.79. The summed E-state index contributed by atoms with van der Waals surface area (Å²) in [6.45, 7) is 14.8. The molecule has 0 radical (unpaired) electrons. The second-order valence-corrected chi connectivity index (χ2v) is 4.48. The maximum Gasteiger partial charge on any atom is 0.324 e. The Morgan fingerprint density at radius 3 is 1.12 bits per heavy atom. The zero-order chi connectivity index (χ0) is 12.9. The fraction of sp³-hybridized carbons (Fsp3) is 1.00. The van der Waals surface area contributed by atoms with E-state index in [0.717, 1.165) is 0 Å². The molecule has 0 aliphatic carbocycles. The maximum absolute atomic E-state index is 8.46. The molecule has 0 aliphatic heterocycles. The highest BCUT2D eigenvalue weighted by Crippen LogP contribution is 2.12. The maximum atomic E-state index is 8.46. The van der Waals surface area contributed by atoms with Crippen molar-refractivity contribution in [1.82, 2.24) is 0 Å². The predicted molar refractivity (Wildman–Crippen MR) is 70.7 cm³/mol. The quantitative estimate of drug-likeness (QED) is 0.527. The van der Waals surface area contributed by atoms with Gasteiger partial charge in [-0.25, -0.2) is 4.57 Å². The van der Waals surface area contributed by atoms with Crippen molar-refractivity contribution in [2.45, 2.75) is 53.4 Å². The first-order valence-electron chi connectivity index (χ1n) is 6.48. The van der Waals surface area contributed by atoms with Crippen LogP contribution in [0.4, 0.5) is 0 Å². The Kier molecular flexibility index (Phi) is 15.0. The van der Waals surface area contributed by atoms with E-state index in [-0.39, 0.29) is 0 Å². The molecule has 0 amide bonds. The zero-order valence-electron chi connectivity index (χ0n) is 11.4. The molecule has 0 aromatic rings. The van der Waals surface area contributed by atoms with Crippen LogP contribution in [0.15, 0.2) is 0 Å². The van der Waals surface area contributed by atoms with Gasteiger partial charge < -0.3 is 9.38 Å². The van der Waals surface area contributed by atoms with Gasteiger partial charge in [-0.05, 0) is 25.7 Å². The van der Waals surface area contributed by atoms with Crippen LogP contribution in [-0.2, 0) is 4.57 Å². The molecule has 0 aromatic heterocycles. The van der Waals surface area contributed by atoms with E-state index in [1.54, 1.807) is 0 Å². The molecule has 0 aromatic carbocycles. The van der Waals surface area contributed by atoms with Gasteiger partial charge in [-0.15, -0.1) is 0 Å². The summed E-state index contributed by atoms with van der Waals surface area (Å²) in [5.41, 5.74) is 0. The summed E-state index contributed by atoms with van der Waals surface area (Å²) in [7, 11) is -0.833. The standard InChI is InChI=1S/C12H28N.HO2P/c1-5-9-13(10-6-2,11-7-3)12-8-4;1-3-2/h5-12H2,1-4H3;(H,1,2)/q+1;. The molecule has 16 heavy (non-hydrogen) atoms. The molecular weight excluding hydrogens is 221 g/mol. The number of nitrogens with zero attached hydrogens (tertiary/aromatic N) is 1. The normalized spacial score (nSPS) is 11.1. The molecule has 0 aliphatic rings. The second kappa shape index (κ2) is 13.1. The van der Waals surface area contributed by atoms with Gasteiger partial charge >= 0.3 is 8.69 Å². The lowest BCUT2D eigenvalue weighted by Gasteiger charge is -2.38. The van der Waals surface area contributed by atoms with Crippen molar-refractivity contribution in [3.63, 3.8) is 0 Å². The Morgan fingerprint density at radius 2 is 1.00 bits per heavy atom. The summed E-state index contributed by atoms with van der Waals surface area (Å²) >= 11 is 0. The fourth-order valence-corrected chi connectivity index (χ4v) is 2.57. The molecule has 0 fully saturated rings. The summed E-state index contributed by atoms with van der Waals surface area (Å²) in [5, 5.41) is 0. The van der Waals surface area contributed by atoms with Crippen LogP contribution < -0.4 is 0 Å². The summed E-state index contributed by atoms with van der Waals surface area (Å²) in [6, 6.07) is 0. The van der Waals surface area contributed by atoms with Gasteiger partial charge in [0.05, 0.1) is 26.2 Å². The lowest BCUT2D eigenvalue weighted by molar-refractivity contribution is -0.928. The van der Waals surface area contributed by atoms with Gasteiger partial charge in [0.15, 0.2) is 0 Å². The van der Waals surface area contributed by atoms with Gasteiger partial charge in [0.1, 0.15) is 0 Å². The number of quaternary nitrogens is 1. The highest BCUT2D eigenvalue weighted by atomic mass is 31.1. The molecule has 4 heteroatoms. The second-order valence-electron chi connectivity index (χ2n) is 4.32. The van der Waals surface area contributed by atoms with Gasteiger partial charge in [-0.2, -0.15) is 0 Å². The van der Waals surface area contributed by atoms with E-state index in [2.05, 4.69) is 27.7 Å². The van der Waals surface area contributed by atoms with Crippen molar-refractivity contribution < 1.29 is 13.9 Å². The van der Waals surface area contributed by atoms with Crippen LogP contribution in [0.2, 0.25) is 0 Å². The predicted octanol–water partition coefficient (Wildman–Crippen LogP) is 3.63. The molecule has 0 saturated carbocycles. The summed E-state index contributed by atoms with van der Waals surface area (Å²) in [6.07, 6.45) is 5.33. The van der Waals surface area contributed by atoms with Gasteiger partial charge in [-0.3, -0.25) is 0 Å². The first kappa shape index (κ1) is 18.4. The van der Waals surface area contributed by atoms with E-state index in [9.17, 15) is 0 Å². The van der Waals surface area contributed by atoms with Crippen LogP contribution in [0.5, 0.6) is 0 Å². The Labute approximate surface area is 103 Å². The largest absolute Gasteiger partial charge is 0.324 e. The van der Waals surface area contributed by atoms with Crippen molar-refractivity contribution in [2.24, 2.45) is 0 Å². The van der Waals surface area contributed by atoms with E-state index in [1.165, 1.54) is 56.3 Å². The third kappa shape index (κ3) is 9.26. The summed E-state index contributed by atoms with van der Waals surface area (Å²) in [4.78, 5) is 6.99.